The summed E-state index contributed by atoms with van der Waals surface area (Å²) >= 11 is 0. The lowest BCUT2D eigenvalue weighted by Crippen LogP contribution is -2.11. The molecule has 0 N–H and O–H groups in total. The van der Waals surface area contributed by atoms with Gasteiger partial charge in [0.2, 0.25) is 0 Å². The molecule has 1 aromatic carbocycles. The van der Waals surface area contributed by atoms with Crippen LogP contribution in [0.15, 0.2) is 24.8 Å². The van der Waals surface area contributed by atoms with Crippen LogP contribution >= 0.6 is 0 Å². The van der Waals surface area contributed by atoms with Crippen molar-refractivity contribution in [1.82, 2.24) is 0 Å². The number of halogens is 3. The Morgan fingerprint density at radius 2 is 1.72 bits per heavy atom. The highest BCUT2D eigenvalue weighted by atomic mass is 19.4. The van der Waals surface area contributed by atoms with Crippen molar-refractivity contribution in [3.63, 3.8) is 0 Å². The number of hydrogen-bond acceptors (Lipinski definition) is 4. The lowest BCUT2D eigenvalue weighted by Gasteiger charge is -2.10. The summed E-state index contributed by atoms with van der Waals surface area (Å²) in [4.78, 5) is 18.9. The lowest BCUT2D eigenvalue weighted by molar-refractivity contribution is -0.394. The van der Waals surface area contributed by atoms with E-state index in [9.17, 15) is 33.4 Å². The molecule has 0 saturated heterocycles. The fourth-order valence-electron chi connectivity index (χ4n) is 1.19. The van der Waals surface area contributed by atoms with E-state index in [0.717, 1.165) is 6.07 Å². The minimum absolute atomic E-state index is 0.465. The van der Waals surface area contributed by atoms with Gasteiger partial charge >= 0.3 is 6.18 Å². The molecule has 9 heteroatoms. The van der Waals surface area contributed by atoms with Gasteiger partial charge in [-0.15, -0.1) is 0 Å². The zero-order valence-corrected chi connectivity index (χ0v) is 8.60. The summed E-state index contributed by atoms with van der Waals surface area (Å²) in [5.74, 6) is 0. The Bertz CT molecular complexity index is 539. The molecule has 6 nitrogen and oxygen atoms in total. The van der Waals surface area contributed by atoms with E-state index in [-0.39, 0.29) is 0 Å². The second-order valence-corrected chi connectivity index (χ2v) is 3.19. The van der Waals surface area contributed by atoms with Gasteiger partial charge in [-0.25, -0.2) is 0 Å². The lowest BCUT2D eigenvalue weighted by atomic mass is 10.0. The maximum Gasteiger partial charge on any atom is 0.416 e. The zero-order valence-electron chi connectivity index (χ0n) is 8.60. The molecule has 1 rings (SSSR count). The van der Waals surface area contributed by atoms with Crippen LogP contribution in [0.2, 0.25) is 0 Å². The summed E-state index contributed by atoms with van der Waals surface area (Å²) in [6, 6.07) is 1.87. The zero-order chi connectivity index (χ0) is 14.1. The van der Waals surface area contributed by atoms with Crippen LogP contribution in [0, 0.1) is 20.2 Å². The molecule has 0 saturated carbocycles. The largest absolute Gasteiger partial charge is 0.416 e. The normalized spacial score (nSPS) is 11.1. The summed E-state index contributed by atoms with van der Waals surface area (Å²) in [6.45, 7) is 2.71. The first-order valence-corrected chi connectivity index (χ1v) is 4.34. The first-order chi connectivity index (χ1) is 8.14. The van der Waals surface area contributed by atoms with Crippen LogP contribution in [-0.4, -0.2) is 16.0 Å². The number of non-ortho nitro benzene ring substituents is 1. The standard InChI is InChI=1S/C9H5F3N2O4/c1-5(9(10,11)12)7-3-2-6(13(15)16)4-8(7)14(17)18/h2-4H,1H2. The molecule has 0 aliphatic carbocycles. The van der Waals surface area contributed by atoms with Crippen LogP contribution in [0.5, 0.6) is 0 Å². The number of allylic oxidation sites excluding steroid dienone is 1. The first kappa shape index (κ1) is 13.6. The molecule has 0 atom stereocenters. The topological polar surface area (TPSA) is 86.3 Å². The quantitative estimate of drug-likeness (QED) is 0.618. The molecule has 0 radical (unpaired) electrons. The highest BCUT2D eigenvalue weighted by Gasteiger charge is 2.37. The monoisotopic (exact) mass is 262 g/mol. The maximum atomic E-state index is 12.4. The summed E-state index contributed by atoms with van der Waals surface area (Å²) in [7, 11) is 0. The van der Waals surface area contributed by atoms with E-state index in [1.807, 2.05) is 0 Å². The number of hydrogen-bond donors (Lipinski definition) is 0. The predicted octanol–water partition coefficient (Wildman–Crippen LogP) is 3.08. The number of benzene rings is 1. The minimum Gasteiger partial charge on any atom is -0.258 e. The van der Waals surface area contributed by atoms with Crippen molar-refractivity contribution >= 4 is 16.9 Å². The van der Waals surface area contributed by atoms with Gasteiger partial charge in [-0.1, -0.05) is 6.58 Å². The fourth-order valence-corrected chi connectivity index (χ4v) is 1.19. The summed E-state index contributed by atoms with van der Waals surface area (Å²) in [5.41, 5.74) is -3.89. The molecule has 96 valence electrons. The molecule has 0 spiro atoms. The molecule has 0 heterocycles. The fraction of sp³-hybridized carbons (Fsp3) is 0.111. The van der Waals surface area contributed by atoms with E-state index in [4.69, 9.17) is 0 Å². The molecule has 0 bridgehead atoms. The van der Waals surface area contributed by atoms with Crippen molar-refractivity contribution in [2.45, 2.75) is 6.18 Å². The molecule has 0 aliphatic heterocycles. The van der Waals surface area contributed by atoms with Gasteiger partial charge in [0.15, 0.2) is 0 Å². The smallest absolute Gasteiger partial charge is 0.258 e. The van der Waals surface area contributed by atoms with E-state index in [2.05, 4.69) is 6.58 Å². The predicted molar refractivity (Wildman–Crippen MR) is 54.8 cm³/mol. The average molecular weight is 262 g/mol. The number of alkyl halides is 3. The van der Waals surface area contributed by atoms with E-state index in [1.165, 1.54) is 0 Å². The van der Waals surface area contributed by atoms with E-state index < -0.39 is 38.5 Å². The Morgan fingerprint density at radius 1 is 1.17 bits per heavy atom. The van der Waals surface area contributed by atoms with Crippen LogP contribution in [-0.2, 0) is 0 Å². The van der Waals surface area contributed by atoms with Crippen molar-refractivity contribution in [3.05, 3.63) is 50.6 Å². The van der Waals surface area contributed by atoms with Gasteiger partial charge in [0.1, 0.15) is 0 Å². The Labute approximate surface area is 97.6 Å². The second kappa shape index (κ2) is 4.43. The van der Waals surface area contributed by atoms with Crippen LogP contribution in [0.25, 0.3) is 5.57 Å². The molecule has 0 aromatic heterocycles. The van der Waals surface area contributed by atoms with Crippen LogP contribution < -0.4 is 0 Å². The highest BCUT2D eigenvalue weighted by molar-refractivity contribution is 5.75. The van der Waals surface area contributed by atoms with Crippen molar-refractivity contribution in [2.75, 3.05) is 0 Å². The number of nitro groups is 2. The van der Waals surface area contributed by atoms with E-state index >= 15 is 0 Å². The minimum atomic E-state index is -4.85. The van der Waals surface area contributed by atoms with Crippen LogP contribution in [0.1, 0.15) is 5.56 Å². The van der Waals surface area contributed by atoms with Crippen molar-refractivity contribution in [2.24, 2.45) is 0 Å². The molecule has 18 heavy (non-hydrogen) atoms. The third-order valence-electron chi connectivity index (χ3n) is 2.06. The van der Waals surface area contributed by atoms with Gasteiger partial charge in [-0.05, 0) is 6.07 Å². The number of nitro benzene ring substituents is 2. The van der Waals surface area contributed by atoms with E-state index in [1.54, 1.807) is 0 Å². The Morgan fingerprint density at radius 3 is 2.11 bits per heavy atom. The third-order valence-corrected chi connectivity index (χ3v) is 2.06. The molecule has 0 fully saturated rings. The van der Waals surface area contributed by atoms with E-state index in [0.29, 0.717) is 12.1 Å². The molecule has 0 aliphatic rings. The summed E-state index contributed by atoms with van der Waals surface area (Å²) in [5, 5.41) is 21.0. The van der Waals surface area contributed by atoms with Crippen molar-refractivity contribution in [3.8, 4) is 0 Å². The van der Waals surface area contributed by atoms with Crippen LogP contribution in [0.3, 0.4) is 0 Å². The first-order valence-electron chi connectivity index (χ1n) is 4.34. The Hall–Kier alpha value is -2.45. The third kappa shape index (κ3) is 2.62. The molecule has 1 aromatic rings. The molecule has 0 unspecified atom stereocenters. The summed E-state index contributed by atoms with van der Waals surface area (Å²) in [6.07, 6.45) is -4.85. The van der Waals surface area contributed by atoms with Gasteiger partial charge < -0.3 is 0 Å². The van der Waals surface area contributed by atoms with Crippen molar-refractivity contribution in [1.29, 1.82) is 0 Å². The SMILES string of the molecule is C=C(c1ccc([N+](=O)[O-])cc1[N+](=O)[O-])C(F)(F)F. The number of rotatable bonds is 3. The Balaban J connectivity index is 3.42. The maximum absolute atomic E-state index is 12.4. The van der Waals surface area contributed by atoms with Crippen molar-refractivity contribution < 1.29 is 23.0 Å². The van der Waals surface area contributed by atoms with Gasteiger partial charge in [-0.3, -0.25) is 20.2 Å². The van der Waals surface area contributed by atoms with Gasteiger partial charge in [0, 0.05) is 6.07 Å². The Kier molecular flexibility index (Phi) is 3.35. The summed E-state index contributed by atoms with van der Waals surface area (Å²) < 4.78 is 37.1. The van der Waals surface area contributed by atoms with Gasteiger partial charge in [0.05, 0.1) is 27.0 Å². The van der Waals surface area contributed by atoms with Crippen LogP contribution in [0.4, 0.5) is 24.5 Å². The molecular formula is C9H5F3N2O4. The number of nitrogens with zero attached hydrogens (tertiary/aromatic N) is 2. The average Bonchev–Trinajstić information content (AvgIpc) is 2.25. The van der Waals surface area contributed by atoms with Gasteiger partial charge in [-0.2, -0.15) is 13.2 Å². The molecular weight excluding hydrogens is 257 g/mol. The molecule has 0 amide bonds. The second-order valence-electron chi connectivity index (χ2n) is 3.19. The van der Waals surface area contributed by atoms with Gasteiger partial charge in [0.25, 0.3) is 11.4 Å². The highest BCUT2D eigenvalue weighted by Crippen LogP contribution is 2.38.